The zero-order valence-corrected chi connectivity index (χ0v) is 77.3. The van der Waals surface area contributed by atoms with Crippen LogP contribution in [0.1, 0.15) is 397 Å². The highest BCUT2D eigenvalue weighted by Crippen LogP contribution is 2.60. The van der Waals surface area contributed by atoms with E-state index in [9.17, 15) is 0 Å². The summed E-state index contributed by atoms with van der Waals surface area (Å²) >= 11 is 8.14. The first-order valence-corrected chi connectivity index (χ1v) is 49.0. The van der Waals surface area contributed by atoms with Crippen molar-refractivity contribution in [3.05, 3.63) is 199 Å². The van der Waals surface area contributed by atoms with Crippen LogP contribution in [0.25, 0.3) is 95.0 Å². The summed E-state index contributed by atoms with van der Waals surface area (Å²) in [5.74, 6) is 2.30. The van der Waals surface area contributed by atoms with Gasteiger partial charge in [0.25, 0.3) is 0 Å². The SMILES string of the molecule is CCCCCCCCC1(CCCCCCCC)c2cc(Br)ccc2-c2ccc(-c3nc(-c4ccc5c(c4)C(CCCCCCCC)(CCCCCCCC)c4cc(Br)ccc4-5)nc(-c4ccc5c(c4)C(CCCCCCCC)(CCCCCCCC)c4cc(-n6c7ccc(C(C)(C)C)cc7c7cc(C(C)(C)C)ccc76)ccc4-5)n3)cc21. The molecule has 0 fully saturated rings. The topological polar surface area (TPSA) is 43.6 Å². The third kappa shape index (κ3) is 19.3. The number of benzene rings is 8. The van der Waals surface area contributed by atoms with E-state index in [1.807, 2.05) is 0 Å². The van der Waals surface area contributed by atoms with Gasteiger partial charge in [0.1, 0.15) is 0 Å². The first-order valence-electron chi connectivity index (χ1n) is 47.4. The van der Waals surface area contributed by atoms with Crippen molar-refractivity contribution in [3.8, 4) is 73.2 Å². The van der Waals surface area contributed by atoms with Crippen LogP contribution in [-0.2, 0) is 27.1 Å². The second kappa shape index (κ2) is 40.3. The lowest BCUT2D eigenvalue weighted by molar-refractivity contribution is 0.398. The van der Waals surface area contributed by atoms with Gasteiger partial charge in [0.2, 0.25) is 0 Å². The van der Waals surface area contributed by atoms with Crippen LogP contribution in [0.5, 0.6) is 0 Å². The van der Waals surface area contributed by atoms with Gasteiger partial charge in [0.15, 0.2) is 17.5 Å². The molecular formula is C110H144Br2N4. The Balaban J connectivity index is 1.01. The van der Waals surface area contributed by atoms with E-state index in [-0.39, 0.29) is 27.1 Å². The van der Waals surface area contributed by atoms with Gasteiger partial charge < -0.3 is 4.57 Å². The van der Waals surface area contributed by atoms with Gasteiger partial charge in [0, 0.05) is 58.3 Å². The highest BCUT2D eigenvalue weighted by Gasteiger charge is 2.47. The van der Waals surface area contributed by atoms with Crippen LogP contribution in [0.4, 0.5) is 0 Å². The maximum Gasteiger partial charge on any atom is 0.164 e. The van der Waals surface area contributed by atoms with Crippen molar-refractivity contribution in [2.75, 3.05) is 0 Å². The number of rotatable bonds is 46. The molecule has 0 saturated heterocycles. The van der Waals surface area contributed by atoms with Crippen molar-refractivity contribution in [2.24, 2.45) is 0 Å². The zero-order valence-electron chi connectivity index (χ0n) is 74.1. The molecule has 0 spiro atoms. The fraction of sp³-hybridized carbons (Fsp3) is 0.536. The molecule has 0 N–H and O–H groups in total. The van der Waals surface area contributed by atoms with E-state index in [4.69, 9.17) is 15.0 Å². The van der Waals surface area contributed by atoms with E-state index in [0.717, 1.165) is 72.7 Å². The minimum atomic E-state index is -0.235. The standard InChI is InChI=1S/C110H144Br2N4/c1-13-19-25-31-37-43-65-108(66-44-38-32-26-20-14-2)95-71-79(49-57-87(95)90-60-54-84(111)76-98(90)108)103-113-104(80-50-58-88-91-61-55-85(112)77-99(91)109(96(88)72-80,67-45-39-33-27-21-15-3)68-46-40-34-28-22-16-4)115-105(114-103)81-51-59-89-92-62-56-86(78-100(92)110(97(89)73-81,69-47-41-35-29-23-17-5)70-48-42-36-30-24-18-6)116-101-63-52-82(106(7,8)9)74-93(101)94-75-83(107(10,11)12)53-64-102(94)116/h49-64,71-78H,13-48,65-70H2,1-12H3. The van der Waals surface area contributed by atoms with Gasteiger partial charge in [-0.3, -0.25) is 0 Å². The number of nitrogens with zero attached hydrogens (tertiary/aromatic N) is 4. The van der Waals surface area contributed by atoms with E-state index < -0.39 is 0 Å². The van der Waals surface area contributed by atoms with Crippen LogP contribution in [0.3, 0.4) is 0 Å². The zero-order chi connectivity index (χ0) is 81.5. The molecule has 2 aromatic heterocycles. The van der Waals surface area contributed by atoms with E-state index in [0.29, 0.717) is 0 Å². The number of unbranched alkanes of at least 4 members (excludes halogenated alkanes) is 30. The summed E-state index contributed by atoms with van der Waals surface area (Å²) in [7, 11) is 0. The molecule has 0 radical (unpaired) electrons. The molecule has 2 heterocycles. The van der Waals surface area contributed by atoms with E-state index >= 15 is 0 Å². The lowest BCUT2D eigenvalue weighted by Gasteiger charge is -2.33. The first kappa shape index (κ1) is 87.4. The van der Waals surface area contributed by atoms with Crippen LogP contribution in [0, 0.1) is 0 Å². The molecule has 4 nitrogen and oxygen atoms in total. The summed E-state index contributed by atoms with van der Waals surface area (Å²) in [6.07, 6.45) is 52.7. The molecule has 10 aromatic rings. The maximum atomic E-state index is 5.97. The molecule has 618 valence electrons. The lowest BCUT2D eigenvalue weighted by Crippen LogP contribution is -2.26. The van der Waals surface area contributed by atoms with Gasteiger partial charge >= 0.3 is 0 Å². The van der Waals surface area contributed by atoms with Gasteiger partial charge in [-0.05, 0) is 206 Å². The molecular weight excluding hydrogens is 1540 g/mol. The molecule has 0 saturated carbocycles. The Morgan fingerprint density at radius 2 is 0.500 bits per heavy atom. The quantitative estimate of drug-likeness (QED) is 0.0357. The highest BCUT2D eigenvalue weighted by molar-refractivity contribution is 9.10. The average molecular weight is 1680 g/mol. The minimum Gasteiger partial charge on any atom is -0.309 e. The molecule has 0 aliphatic heterocycles. The van der Waals surface area contributed by atoms with Crippen molar-refractivity contribution in [3.63, 3.8) is 0 Å². The Morgan fingerprint density at radius 3 is 0.776 bits per heavy atom. The molecule has 116 heavy (non-hydrogen) atoms. The lowest BCUT2D eigenvalue weighted by atomic mass is 9.70. The van der Waals surface area contributed by atoms with Crippen molar-refractivity contribution in [2.45, 2.75) is 380 Å². The third-order valence-electron chi connectivity index (χ3n) is 27.9. The molecule has 0 bridgehead atoms. The molecule has 3 aliphatic carbocycles. The predicted molar refractivity (Wildman–Crippen MR) is 510 cm³/mol. The molecule has 0 unspecified atom stereocenters. The number of fused-ring (bicyclic) bond motifs is 12. The van der Waals surface area contributed by atoms with E-state index in [1.165, 1.54) is 345 Å². The Labute approximate surface area is 720 Å². The summed E-state index contributed by atoms with van der Waals surface area (Å²) in [4.78, 5) is 17.9. The molecule has 8 aromatic carbocycles. The normalized spacial score (nSPS) is 14.2. The monoisotopic (exact) mass is 1680 g/mol. The molecule has 13 rings (SSSR count). The Kier molecular flexibility index (Phi) is 30.3. The van der Waals surface area contributed by atoms with Gasteiger partial charge in [0.05, 0.1) is 11.0 Å². The smallest absolute Gasteiger partial charge is 0.164 e. The van der Waals surface area contributed by atoms with Crippen LogP contribution < -0.4 is 0 Å². The van der Waals surface area contributed by atoms with E-state index in [2.05, 4.69) is 265 Å². The second-order valence-electron chi connectivity index (χ2n) is 38.3. The van der Waals surface area contributed by atoms with Crippen molar-refractivity contribution in [1.29, 1.82) is 0 Å². The fourth-order valence-corrected chi connectivity index (χ4v) is 21.9. The Hall–Kier alpha value is -6.47. The van der Waals surface area contributed by atoms with Crippen LogP contribution >= 0.6 is 31.9 Å². The number of aromatic nitrogens is 4. The predicted octanol–water partition coefficient (Wildman–Crippen LogP) is 35.4. The first-order chi connectivity index (χ1) is 56.3. The van der Waals surface area contributed by atoms with Crippen molar-refractivity contribution >= 4 is 53.7 Å². The molecule has 0 amide bonds. The van der Waals surface area contributed by atoms with Crippen molar-refractivity contribution < 1.29 is 0 Å². The van der Waals surface area contributed by atoms with E-state index in [1.54, 1.807) is 0 Å². The number of halogens is 2. The fourth-order valence-electron chi connectivity index (χ4n) is 21.2. The largest absolute Gasteiger partial charge is 0.309 e. The highest BCUT2D eigenvalue weighted by atomic mass is 79.9. The third-order valence-corrected chi connectivity index (χ3v) is 28.9. The summed E-state index contributed by atoms with van der Waals surface area (Å²) in [6.45, 7) is 28.3. The van der Waals surface area contributed by atoms with Gasteiger partial charge in [-0.1, -0.05) is 413 Å². The molecule has 6 heteroatoms. The number of hydrogen-bond donors (Lipinski definition) is 0. The van der Waals surface area contributed by atoms with Crippen LogP contribution in [0.15, 0.2) is 155 Å². The molecule has 3 aliphatic rings. The second-order valence-corrected chi connectivity index (χ2v) is 40.2. The van der Waals surface area contributed by atoms with Gasteiger partial charge in [-0.2, -0.15) is 0 Å². The maximum absolute atomic E-state index is 5.97. The minimum absolute atomic E-state index is 0.0120. The van der Waals surface area contributed by atoms with Gasteiger partial charge in [-0.15, -0.1) is 0 Å². The Bertz CT molecular complexity index is 4630. The van der Waals surface area contributed by atoms with Crippen LogP contribution in [0.2, 0.25) is 0 Å². The number of hydrogen-bond acceptors (Lipinski definition) is 3. The van der Waals surface area contributed by atoms with Crippen molar-refractivity contribution in [1.82, 2.24) is 19.5 Å². The summed E-state index contributed by atoms with van der Waals surface area (Å²) in [5.41, 5.74) is 26.6. The summed E-state index contributed by atoms with van der Waals surface area (Å²) in [5, 5.41) is 2.68. The average Bonchev–Trinajstić information content (AvgIpc) is 1.56. The van der Waals surface area contributed by atoms with Crippen LogP contribution in [-0.4, -0.2) is 19.5 Å². The van der Waals surface area contributed by atoms with Gasteiger partial charge in [-0.25, -0.2) is 15.0 Å². The molecule has 0 atom stereocenters. The Morgan fingerprint density at radius 1 is 0.259 bits per heavy atom. The summed E-state index contributed by atoms with van der Waals surface area (Å²) < 4.78 is 4.97. The summed E-state index contributed by atoms with van der Waals surface area (Å²) in [6, 6.07) is 59.3.